The van der Waals surface area contributed by atoms with Gasteiger partial charge in [-0.1, -0.05) is 30.3 Å². The van der Waals surface area contributed by atoms with Crippen LogP contribution in [0.2, 0.25) is 0 Å². The predicted octanol–water partition coefficient (Wildman–Crippen LogP) is 5.75. The van der Waals surface area contributed by atoms with Crippen molar-refractivity contribution in [1.29, 1.82) is 0 Å². The normalized spacial score (nSPS) is 27.2. The van der Waals surface area contributed by atoms with Crippen molar-refractivity contribution in [1.82, 2.24) is 4.68 Å². The first-order chi connectivity index (χ1) is 14.3. The van der Waals surface area contributed by atoms with Crippen LogP contribution < -0.4 is 5.56 Å². The summed E-state index contributed by atoms with van der Waals surface area (Å²) in [7, 11) is 0. The zero-order valence-corrected chi connectivity index (χ0v) is 16.2. The highest BCUT2D eigenvalue weighted by Gasteiger charge is 2.46. The van der Waals surface area contributed by atoms with Crippen LogP contribution in [0.3, 0.4) is 0 Å². The topological polar surface area (TPSA) is 38.7 Å². The maximum Gasteiger partial charge on any atom is 0.407 e. The zero-order chi connectivity index (χ0) is 21.0. The second-order valence-electron chi connectivity index (χ2n) is 8.71. The molecular formula is C23H20F3N3O. The molecule has 0 saturated heterocycles. The molecule has 1 aromatic carbocycles. The predicted molar refractivity (Wildman–Crippen MR) is 107 cm³/mol. The molecule has 4 bridgehead atoms. The molecule has 0 amide bonds. The van der Waals surface area contributed by atoms with Crippen molar-refractivity contribution in [3.63, 3.8) is 0 Å². The van der Waals surface area contributed by atoms with E-state index in [2.05, 4.69) is 9.95 Å². The summed E-state index contributed by atoms with van der Waals surface area (Å²) in [5.41, 5.74) is -1.66. The largest absolute Gasteiger partial charge is 0.407 e. The Balaban J connectivity index is 1.74. The number of alkyl halides is 3. The maximum absolute atomic E-state index is 13.6. The van der Waals surface area contributed by atoms with Gasteiger partial charge < -0.3 is 0 Å². The Hall–Kier alpha value is -2.88. The molecule has 0 radical (unpaired) electrons. The Labute approximate surface area is 171 Å². The third-order valence-electron chi connectivity index (χ3n) is 6.84. The molecule has 0 aliphatic heterocycles. The average Bonchev–Trinajstić information content (AvgIpc) is 2.70. The van der Waals surface area contributed by atoms with Gasteiger partial charge in [-0.3, -0.25) is 4.79 Å². The van der Waals surface area contributed by atoms with E-state index in [0.717, 1.165) is 42.1 Å². The Morgan fingerprint density at radius 1 is 1.00 bits per heavy atom. The van der Waals surface area contributed by atoms with Crippen LogP contribution >= 0.6 is 0 Å². The molecule has 4 aliphatic rings. The average molecular weight is 411 g/mol. The molecule has 0 unspecified atom stereocenters. The van der Waals surface area contributed by atoms with E-state index in [-0.39, 0.29) is 17.5 Å². The number of nitrogens with zero attached hydrogens (tertiary/aromatic N) is 3. The molecule has 2 aromatic rings. The number of halogens is 3. The highest BCUT2D eigenvalue weighted by atomic mass is 19.4. The first-order valence-electron chi connectivity index (χ1n) is 10.2. The van der Waals surface area contributed by atoms with Gasteiger partial charge in [0.15, 0.2) is 0 Å². The van der Waals surface area contributed by atoms with Gasteiger partial charge in [0.05, 0.1) is 17.8 Å². The fraction of sp³-hybridized carbons (Fsp3) is 0.435. The lowest BCUT2D eigenvalue weighted by Crippen LogP contribution is -2.46. The van der Waals surface area contributed by atoms with Gasteiger partial charge in [0.25, 0.3) is 11.2 Å². The summed E-state index contributed by atoms with van der Waals surface area (Å²) in [6, 6.07) is 9.37. The SMILES string of the molecule is [C-]#[N+]c1c(C(F)(F)F)cc(-c2ccccc2)n(N=C2C3CC4CC(C3)CC2C4)c1=O. The van der Waals surface area contributed by atoms with Crippen molar-refractivity contribution in [2.24, 2.45) is 28.8 Å². The van der Waals surface area contributed by atoms with Crippen molar-refractivity contribution in [3.05, 3.63) is 63.7 Å². The monoisotopic (exact) mass is 411 g/mol. The number of rotatable bonds is 2. The minimum Gasteiger partial charge on any atom is -0.281 e. The molecule has 1 heterocycles. The van der Waals surface area contributed by atoms with Gasteiger partial charge in [-0.2, -0.15) is 18.3 Å². The van der Waals surface area contributed by atoms with Crippen LogP contribution in [0.5, 0.6) is 0 Å². The molecule has 0 atom stereocenters. The second kappa shape index (κ2) is 6.83. The highest BCUT2D eigenvalue weighted by molar-refractivity contribution is 5.91. The van der Waals surface area contributed by atoms with E-state index in [4.69, 9.17) is 6.57 Å². The Morgan fingerprint density at radius 2 is 1.60 bits per heavy atom. The molecule has 4 aliphatic carbocycles. The Bertz CT molecular complexity index is 1100. The van der Waals surface area contributed by atoms with Crippen molar-refractivity contribution in [2.75, 3.05) is 0 Å². The van der Waals surface area contributed by atoms with Crippen molar-refractivity contribution >= 4 is 11.4 Å². The summed E-state index contributed by atoms with van der Waals surface area (Å²) in [5.74, 6) is 1.97. The lowest BCUT2D eigenvalue weighted by Gasteiger charge is -2.50. The number of pyridine rings is 1. The smallest absolute Gasteiger partial charge is 0.281 e. The summed E-state index contributed by atoms with van der Waals surface area (Å²) in [5, 5.41) is 4.68. The van der Waals surface area contributed by atoms with Crippen LogP contribution in [0.25, 0.3) is 16.1 Å². The maximum atomic E-state index is 13.6. The number of hydrogen-bond donors (Lipinski definition) is 0. The molecule has 0 N–H and O–H groups in total. The van der Waals surface area contributed by atoms with E-state index < -0.39 is 23.0 Å². The molecule has 7 heteroatoms. The number of benzene rings is 1. The molecule has 6 rings (SSSR count). The summed E-state index contributed by atoms with van der Waals surface area (Å²) < 4.78 is 41.9. The Kier molecular flexibility index (Phi) is 4.35. The van der Waals surface area contributed by atoms with Gasteiger partial charge in [-0.05, 0) is 61.8 Å². The van der Waals surface area contributed by atoms with Crippen LogP contribution in [0, 0.1) is 30.2 Å². The van der Waals surface area contributed by atoms with Crippen LogP contribution in [0.4, 0.5) is 18.9 Å². The highest BCUT2D eigenvalue weighted by Crippen LogP contribution is 2.52. The third kappa shape index (κ3) is 3.06. The molecule has 154 valence electrons. The van der Waals surface area contributed by atoms with Gasteiger partial charge in [-0.15, -0.1) is 0 Å². The molecule has 1 aromatic heterocycles. The van der Waals surface area contributed by atoms with Gasteiger partial charge >= 0.3 is 6.18 Å². The van der Waals surface area contributed by atoms with Crippen molar-refractivity contribution in [3.8, 4) is 11.3 Å². The van der Waals surface area contributed by atoms with E-state index in [0.29, 0.717) is 17.4 Å². The molecule has 4 nitrogen and oxygen atoms in total. The molecule has 4 saturated carbocycles. The number of hydrogen-bond acceptors (Lipinski definition) is 2. The van der Waals surface area contributed by atoms with E-state index in [9.17, 15) is 18.0 Å². The van der Waals surface area contributed by atoms with E-state index in [1.54, 1.807) is 30.3 Å². The molecule has 30 heavy (non-hydrogen) atoms. The second-order valence-corrected chi connectivity index (χ2v) is 8.71. The lowest BCUT2D eigenvalue weighted by molar-refractivity contribution is -0.136. The van der Waals surface area contributed by atoms with Crippen LogP contribution in [-0.2, 0) is 6.18 Å². The lowest BCUT2D eigenvalue weighted by atomic mass is 9.55. The quantitative estimate of drug-likeness (QED) is 0.581. The van der Waals surface area contributed by atoms with Crippen LogP contribution in [0.1, 0.15) is 37.7 Å². The summed E-state index contributed by atoms with van der Waals surface area (Å²) in [4.78, 5) is 16.0. The van der Waals surface area contributed by atoms with E-state index in [1.807, 2.05) is 0 Å². The molecule has 0 spiro atoms. The van der Waals surface area contributed by atoms with Crippen molar-refractivity contribution in [2.45, 2.75) is 38.3 Å². The minimum atomic E-state index is -4.79. The van der Waals surface area contributed by atoms with Crippen LogP contribution in [0.15, 0.2) is 46.3 Å². The fourth-order valence-electron chi connectivity index (χ4n) is 5.77. The zero-order valence-electron chi connectivity index (χ0n) is 16.2. The minimum absolute atomic E-state index is 0.0710. The van der Waals surface area contributed by atoms with Gasteiger partial charge in [0.2, 0.25) is 0 Å². The van der Waals surface area contributed by atoms with E-state index >= 15 is 0 Å². The van der Waals surface area contributed by atoms with Gasteiger partial charge in [-0.25, -0.2) is 9.52 Å². The summed E-state index contributed by atoms with van der Waals surface area (Å²) in [6.45, 7) is 7.22. The van der Waals surface area contributed by atoms with E-state index in [1.165, 1.54) is 6.42 Å². The number of aromatic nitrogens is 1. The first kappa shape index (κ1) is 19.1. The fourth-order valence-corrected chi connectivity index (χ4v) is 5.77. The van der Waals surface area contributed by atoms with Gasteiger partial charge in [0, 0.05) is 11.3 Å². The Morgan fingerprint density at radius 3 is 2.13 bits per heavy atom. The van der Waals surface area contributed by atoms with Crippen LogP contribution in [-0.4, -0.2) is 10.4 Å². The molecule has 4 fully saturated rings. The summed E-state index contributed by atoms with van der Waals surface area (Å²) in [6.07, 6.45) is 0.624. The molecular weight excluding hydrogens is 391 g/mol. The summed E-state index contributed by atoms with van der Waals surface area (Å²) >= 11 is 0. The third-order valence-corrected chi connectivity index (χ3v) is 6.84. The van der Waals surface area contributed by atoms with Gasteiger partial charge in [0.1, 0.15) is 0 Å². The standard InChI is InChI=1S/C23H20F3N3O/c1-27-21-18(23(24,25)26)12-19(15-5-3-2-4-6-15)29(22(21)30)28-20-16-8-13-7-14(10-16)11-17(20)9-13/h2-6,12-14,16-17H,7-11H2. The van der Waals surface area contributed by atoms with Crippen molar-refractivity contribution < 1.29 is 13.2 Å². The first-order valence-corrected chi connectivity index (χ1v) is 10.2.